The molecule has 1 heterocycles. The van der Waals surface area contributed by atoms with Gasteiger partial charge in [-0.1, -0.05) is 29.8 Å². The van der Waals surface area contributed by atoms with E-state index in [4.69, 9.17) is 4.74 Å². The molecule has 0 radical (unpaired) electrons. The summed E-state index contributed by atoms with van der Waals surface area (Å²) in [6.07, 6.45) is 0.236. The van der Waals surface area contributed by atoms with Crippen LogP contribution in [0.15, 0.2) is 42.5 Å². The zero-order valence-electron chi connectivity index (χ0n) is 14.2. The molecule has 0 atom stereocenters. The lowest BCUT2D eigenvalue weighted by Crippen LogP contribution is -2.09. The van der Waals surface area contributed by atoms with Gasteiger partial charge in [-0.2, -0.15) is 0 Å². The largest absolute Gasteiger partial charge is 0.458 e. The van der Waals surface area contributed by atoms with E-state index in [1.54, 1.807) is 0 Å². The van der Waals surface area contributed by atoms with Gasteiger partial charge in [-0.15, -0.1) is 11.3 Å². The fraction of sp³-hybridized carbons (Fsp3) is 0.250. The van der Waals surface area contributed by atoms with Crippen molar-refractivity contribution in [3.05, 3.63) is 64.2 Å². The Morgan fingerprint density at radius 1 is 1.08 bits per heavy atom. The molecule has 128 valence electrons. The van der Waals surface area contributed by atoms with Crippen LogP contribution in [-0.2, 0) is 16.1 Å². The maximum Gasteiger partial charge on any atom is 0.306 e. The molecule has 25 heavy (non-hydrogen) atoms. The third-order valence-electron chi connectivity index (χ3n) is 3.94. The van der Waals surface area contributed by atoms with Crippen molar-refractivity contribution < 1.29 is 14.3 Å². The standard InChI is InChI=1S/C20H19NO3S/c1-13-7-8-14(2)15(11-13)17(22)9-10-20(23)24-12-19-21-16-5-3-4-6-18(16)25-19/h3-8,11H,9-10,12H2,1-2H3. The Labute approximate surface area is 150 Å². The van der Waals surface area contributed by atoms with Gasteiger partial charge >= 0.3 is 5.97 Å². The van der Waals surface area contributed by atoms with Crippen LogP contribution in [0, 0.1) is 13.8 Å². The van der Waals surface area contributed by atoms with Crippen molar-refractivity contribution in [1.29, 1.82) is 0 Å². The predicted molar refractivity (Wildman–Crippen MR) is 98.9 cm³/mol. The minimum absolute atomic E-state index is 0.0295. The first-order chi connectivity index (χ1) is 12.0. The zero-order chi connectivity index (χ0) is 17.8. The number of Topliss-reactive ketones (excluding diaryl/α,β-unsaturated/α-hetero) is 1. The number of aromatic nitrogens is 1. The molecule has 0 aliphatic rings. The Balaban J connectivity index is 1.52. The molecule has 0 aliphatic heterocycles. The highest BCUT2D eigenvalue weighted by Crippen LogP contribution is 2.22. The number of nitrogens with zero attached hydrogens (tertiary/aromatic N) is 1. The third kappa shape index (κ3) is 4.31. The number of ketones is 1. The van der Waals surface area contributed by atoms with Crippen LogP contribution in [-0.4, -0.2) is 16.7 Å². The Morgan fingerprint density at radius 2 is 1.88 bits per heavy atom. The molecule has 0 unspecified atom stereocenters. The molecular weight excluding hydrogens is 334 g/mol. The minimum atomic E-state index is -0.377. The number of hydrogen-bond donors (Lipinski definition) is 0. The average molecular weight is 353 g/mol. The molecule has 0 N–H and O–H groups in total. The van der Waals surface area contributed by atoms with Gasteiger partial charge in [-0.3, -0.25) is 9.59 Å². The second-order valence-electron chi connectivity index (χ2n) is 5.98. The van der Waals surface area contributed by atoms with Gasteiger partial charge in [0, 0.05) is 12.0 Å². The Morgan fingerprint density at radius 3 is 2.68 bits per heavy atom. The van der Waals surface area contributed by atoms with Crippen LogP contribution in [0.1, 0.15) is 39.3 Å². The summed E-state index contributed by atoms with van der Waals surface area (Å²) in [5, 5.41) is 0.760. The SMILES string of the molecule is Cc1ccc(C)c(C(=O)CCC(=O)OCc2nc3ccccc3s2)c1. The number of benzene rings is 2. The molecule has 0 aliphatic carbocycles. The fourth-order valence-electron chi connectivity index (χ4n) is 2.58. The lowest BCUT2D eigenvalue weighted by atomic mass is 9.99. The molecular formula is C20H19NO3S. The van der Waals surface area contributed by atoms with Crippen molar-refractivity contribution in [2.24, 2.45) is 0 Å². The zero-order valence-corrected chi connectivity index (χ0v) is 15.1. The molecule has 3 rings (SSSR count). The number of aryl methyl sites for hydroxylation is 2. The van der Waals surface area contributed by atoms with Crippen LogP contribution >= 0.6 is 11.3 Å². The van der Waals surface area contributed by atoms with Crippen LogP contribution in [0.4, 0.5) is 0 Å². The number of para-hydroxylation sites is 1. The highest BCUT2D eigenvalue weighted by atomic mass is 32.1. The maximum atomic E-state index is 12.3. The number of carbonyl (C=O) groups excluding carboxylic acids is 2. The molecule has 5 heteroatoms. The van der Waals surface area contributed by atoms with Crippen molar-refractivity contribution in [1.82, 2.24) is 4.98 Å². The van der Waals surface area contributed by atoms with Crippen LogP contribution < -0.4 is 0 Å². The molecule has 1 aromatic heterocycles. The first-order valence-electron chi connectivity index (χ1n) is 8.13. The second-order valence-corrected chi connectivity index (χ2v) is 7.09. The summed E-state index contributed by atoms with van der Waals surface area (Å²) in [4.78, 5) is 28.6. The number of ether oxygens (including phenoxy) is 1. The van der Waals surface area contributed by atoms with Crippen LogP contribution in [0.25, 0.3) is 10.2 Å². The average Bonchev–Trinajstić information content (AvgIpc) is 3.03. The fourth-order valence-corrected chi connectivity index (χ4v) is 3.46. The third-order valence-corrected chi connectivity index (χ3v) is 4.95. The summed E-state index contributed by atoms with van der Waals surface area (Å²) in [5.74, 6) is -0.406. The summed E-state index contributed by atoms with van der Waals surface area (Å²) in [6.45, 7) is 4.00. The molecule has 3 aromatic rings. The number of esters is 1. The van der Waals surface area contributed by atoms with Gasteiger partial charge in [0.15, 0.2) is 5.78 Å². The Kier molecular flexibility index (Phi) is 5.24. The smallest absolute Gasteiger partial charge is 0.306 e. The van der Waals surface area contributed by atoms with Crippen molar-refractivity contribution in [2.75, 3.05) is 0 Å². The van der Waals surface area contributed by atoms with Crippen molar-refractivity contribution in [3.8, 4) is 0 Å². The quantitative estimate of drug-likeness (QED) is 0.479. The number of thiazole rings is 1. The molecule has 0 bridgehead atoms. The molecule has 0 fully saturated rings. The number of rotatable bonds is 6. The molecule has 0 saturated heterocycles. The van der Waals surface area contributed by atoms with Gasteiger partial charge in [0.2, 0.25) is 0 Å². The molecule has 0 saturated carbocycles. The van der Waals surface area contributed by atoms with Gasteiger partial charge in [0.1, 0.15) is 11.6 Å². The van der Waals surface area contributed by atoms with E-state index in [0.29, 0.717) is 5.56 Å². The number of fused-ring (bicyclic) bond motifs is 1. The van der Waals surface area contributed by atoms with E-state index in [2.05, 4.69) is 4.98 Å². The lowest BCUT2D eigenvalue weighted by molar-refractivity contribution is -0.144. The van der Waals surface area contributed by atoms with E-state index >= 15 is 0 Å². The molecule has 4 nitrogen and oxygen atoms in total. The first kappa shape index (κ1) is 17.3. The van der Waals surface area contributed by atoms with Gasteiger partial charge in [0.25, 0.3) is 0 Å². The summed E-state index contributed by atoms with van der Waals surface area (Å²) in [6, 6.07) is 13.6. The van der Waals surface area contributed by atoms with Crippen molar-refractivity contribution in [2.45, 2.75) is 33.3 Å². The first-order valence-corrected chi connectivity index (χ1v) is 8.95. The highest BCUT2D eigenvalue weighted by Gasteiger charge is 2.13. The lowest BCUT2D eigenvalue weighted by Gasteiger charge is -2.06. The topological polar surface area (TPSA) is 56.3 Å². The van der Waals surface area contributed by atoms with E-state index in [-0.39, 0.29) is 31.2 Å². The van der Waals surface area contributed by atoms with E-state index in [1.165, 1.54) is 11.3 Å². The van der Waals surface area contributed by atoms with Crippen LogP contribution in [0.2, 0.25) is 0 Å². The monoisotopic (exact) mass is 353 g/mol. The van der Waals surface area contributed by atoms with E-state index in [1.807, 2.05) is 56.3 Å². The summed E-state index contributed by atoms with van der Waals surface area (Å²) in [7, 11) is 0. The molecule has 0 spiro atoms. The van der Waals surface area contributed by atoms with E-state index in [9.17, 15) is 9.59 Å². The van der Waals surface area contributed by atoms with Gasteiger partial charge in [-0.25, -0.2) is 4.98 Å². The molecule has 2 aromatic carbocycles. The predicted octanol–water partition coefficient (Wildman–Crippen LogP) is 4.62. The maximum absolute atomic E-state index is 12.3. The summed E-state index contributed by atoms with van der Waals surface area (Å²) in [5.41, 5.74) is 3.55. The van der Waals surface area contributed by atoms with Crippen LogP contribution in [0.5, 0.6) is 0 Å². The highest BCUT2D eigenvalue weighted by molar-refractivity contribution is 7.18. The number of hydrogen-bond acceptors (Lipinski definition) is 5. The Hall–Kier alpha value is -2.53. The van der Waals surface area contributed by atoms with Gasteiger partial charge < -0.3 is 4.74 Å². The normalized spacial score (nSPS) is 10.8. The molecule has 0 amide bonds. The van der Waals surface area contributed by atoms with Crippen molar-refractivity contribution >= 4 is 33.3 Å². The van der Waals surface area contributed by atoms with Crippen LogP contribution in [0.3, 0.4) is 0 Å². The summed E-state index contributed by atoms with van der Waals surface area (Å²) >= 11 is 1.51. The summed E-state index contributed by atoms with van der Waals surface area (Å²) < 4.78 is 6.32. The second kappa shape index (κ2) is 7.57. The van der Waals surface area contributed by atoms with E-state index in [0.717, 1.165) is 26.4 Å². The van der Waals surface area contributed by atoms with Gasteiger partial charge in [0.05, 0.1) is 16.6 Å². The van der Waals surface area contributed by atoms with Gasteiger partial charge in [-0.05, 0) is 37.6 Å². The minimum Gasteiger partial charge on any atom is -0.458 e. The van der Waals surface area contributed by atoms with Crippen molar-refractivity contribution in [3.63, 3.8) is 0 Å². The number of carbonyl (C=O) groups is 2. The Bertz CT molecular complexity index is 897. The van der Waals surface area contributed by atoms with E-state index < -0.39 is 0 Å².